The second kappa shape index (κ2) is 5.74. The fourth-order valence-corrected chi connectivity index (χ4v) is 2.03. The molecule has 3 nitrogen and oxygen atoms in total. The lowest BCUT2D eigenvalue weighted by atomic mass is 10.2. The average Bonchev–Trinajstić information content (AvgIpc) is 2.75. The van der Waals surface area contributed by atoms with Gasteiger partial charge in [-0.3, -0.25) is 0 Å². The van der Waals surface area contributed by atoms with Crippen molar-refractivity contribution in [1.29, 1.82) is 0 Å². The molecule has 0 saturated heterocycles. The Balaban J connectivity index is 2.13. The third-order valence-corrected chi connectivity index (χ3v) is 2.93. The van der Waals surface area contributed by atoms with Crippen LogP contribution in [0.5, 0.6) is 0 Å². The third kappa shape index (κ3) is 2.74. The molecule has 94 valence electrons. The third-order valence-electron chi connectivity index (χ3n) is 2.60. The predicted molar refractivity (Wildman–Crippen MR) is 72.7 cm³/mol. The van der Waals surface area contributed by atoms with Crippen molar-refractivity contribution in [3.63, 3.8) is 0 Å². The van der Waals surface area contributed by atoms with Gasteiger partial charge < -0.3 is 9.30 Å². The molecule has 0 amide bonds. The van der Waals surface area contributed by atoms with Crippen molar-refractivity contribution in [3.05, 3.63) is 47.6 Å². The Morgan fingerprint density at radius 2 is 2.28 bits per heavy atom. The van der Waals surface area contributed by atoms with Gasteiger partial charge in [0.05, 0.1) is 6.61 Å². The van der Waals surface area contributed by atoms with Crippen LogP contribution in [0, 0.1) is 0 Å². The first-order valence-electron chi connectivity index (χ1n) is 5.79. The van der Waals surface area contributed by atoms with Crippen LogP contribution in [0.25, 0.3) is 10.9 Å². The zero-order chi connectivity index (χ0) is 13.0. The minimum Gasteiger partial charge on any atom is -0.463 e. The number of hydrogen-bond donors (Lipinski definition) is 0. The molecule has 0 aliphatic carbocycles. The molecule has 0 unspecified atom stereocenters. The molecule has 0 spiro atoms. The zero-order valence-corrected chi connectivity index (χ0v) is 10.9. The number of nitrogens with zero attached hydrogens (tertiary/aromatic N) is 1. The van der Waals surface area contributed by atoms with Crippen LogP contribution in [-0.4, -0.2) is 17.1 Å². The van der Waals surface area contributed by atoms with Crippen molar-refractivity contribution >= 4 is 28.5 Å². The first-order chi connectivity index (χ1) is 8.72. The molecule has 0 atom stereocenters. The average molecular weight is 264 g/mol. The molecule has 0 fully saturated rings. The molecule has 2 rings (SSSR count). The predicted octanol–water partition coefficient (Wildman–Crippen LogP) is 3.41. The number of carbonyl (C=O) groups is 1. The Kier molecular flexibility index (Phi) is 4.05. The number of benzene rings is 1. The first-order valence-corrected chi connectivity index (χ1v) is 6.17. The van der Waals surface area contributed by atoms with E-state index in [1.54, 1.807) is 13.0 Å². The number of allylic oxidation sites excluding steroid dienone is 1. The van der Waals surface area contributed by atoms with Gasteiger partial charge in [0, 0.05) is 34.7 Å². The number of fused-ring (bicyclic) bond motifs is 1. The molecule has 0 N–H and O–H groups in total. The first kappa shape index (κ1) is 12.7. The number of esters is 1. The quantitative estimate of drug-likeness (QED) is 0.625. The maximum atomic E-state index is 11.1. The van der Waals surface area contributed by atoms with Gasteiger partial charge in [-0.25, -0.2) is 4.79 Å². The van der Waals surface area contributed by atoms with E-state index in [9.17, 15) is 4.79 Å². The molecule has 0 aliphatic heterocycles. The fourth-order valence-electron chi connectivity index (χ4n) is 1.80. The Morgan fingerprint density at radius 3 is 3.06 bits per heavy atom. The van der Waals surface area contributed by atoms with E-state index in [1.165, 1.54) is 6.08 Å². The highest BCUT2D eigenvalue weighted by Crippen LogP contribution is 2.24. The largest absolute Gasteiger partial charge is 0.463 e. The summed E-state index contributed by atoms with van der Waals surface area (Å²) in [4.78, 5) is 11.1. The van der Waals surface area contributed by atoms with E-state index < -0.39 is 0 Å². The molecular formula is C14H14ClNO2. The normalized spacial score (nSPS) is 11.2. The highest BCUT2D eigenvalue weighted by atomic mass is 35.5. The molecule has 1 aromatic heterocycles. The number of carbonyl (C=O) groups excluding carboxylic acids is 1. The summed E-state index contributed by atoms with van der Waals surface area (Å²) in [7, 11) is 0. The molecule has 1 heterocycles. The summed E-state index contributed by atoms with van der Waals surface area (Å²) in [5, 5.41) is 1.75. The van der Waals surface area contributed by atoms with Crippen molar-refractivity contribution < 1.29 is 9.53 Å². The van der Waals surface area contributed by atoms with E-state index in [2.05, 4.69) is 0 Å². The maximum Gasteiger partial charge on any atom is 0.330 e. The van der Waals surface area contributed by atoms with Gasteiger partial charge in [0.25, 0.3) is 0 Å². The molecule has 0 radical (unpaired) electrons. The van der Waals surface area contributed by atoms with E-state index in [-0.39, 0.29) is 5.97 Å². The van der Waals surface area contributed by atoms with Crippen LogP contribution < -0.4 is 0 Å². The Bertz CT molecular complexity index is 586. The SMILES string of the molecule is CCOC(=O)/C=C/Cn1ccc2c(Cl)cccc21. The topological polar surface area (TPSA) is 31.2 Å². The van der Waals surface area contributed by atoms with E-state index in [4.69, 9.17) is 16.3 Å². The van der Waals surface area contributed by atoms with Crippen molar-refractivity contribution in [1.82, 2.24) is 4.57 Å². The summed E-state index contributed by atoms with van der Waals surface area (Å²) in [5.74, 6) is -0.313. The molecular weight excluding hydrogens is 250 g/mol. The highest BCUT2D eigenvalue weighted by Gasteiger charge is 2.02. The Labute approximate surface area is 111 Å². The van der Waals surface area contributed by atoms with Gasteiger partial charge in [-0.15, -0.1) is 0 Å². The summed E-state index contributed by atoms with van der Waals surface area (Å²) in [6, 6.07) is 7.74. The van der Waals surface area contributed by atoms with Gasteiger partial charge in [0.1, 0.15) is 0 Å². The van der Waals surface area contributed by atoms with E-state index in [0.717, 1.165) is 15.9 Å². The van der Waals surface area contributed by atoms with Crippen LogP contribution in [0.3, 0.4) is 0 Å². The van der Waals surface area contributed by atoms with Gasteiger partial charge in [-0.05, 0) is 25.1 Å². The van der Waals surface area contributed by atoms with Crippen LogP contribution in [0.15, 0.2) is 42.6 Å². The lowest BCUT2D eigenvalue weighted by Crippen LogP contribution is -2.00. The summed E-state index contributed by atoms with van der Waals surface area (Å²) >= 11 is 6.09. The standard InChI is InChI=1S/C14H14ClNO2/c1-2-18-14(17)7-4-9-16-10-8-11-12(15)5-3-6-13(11)16/h3-8,10H,2,9H2,1H3/b7-4+. The van der Waals surface area contributed by atoms with Gasteiger partial charge >= 0.3 is 5.97 Å². The molecule has 0 bridgehead atoms. The van der Waals surface area contributed by atoms with Crippen LogP contribution >= 0.6 is 11.6 Å². The van der Waals surface area contributed by atoms with Gasteiger partial charge in [-0.1, -0.05) is 23.7 Å². The Hall–Kier alpha value is -1.74. The van der Waals surface area contributed by atoms with E-state index in [0.29, 0.717) is 13.2 Å². The number of ether oxygens (including phenoxy) is 1. The van der Waals surface area contributed by atoms with Crippen molar-refractivity contribution in [2.75, 3.05) is 6.61 Å². The second-order valence-corrected chi connectivity index (χ2v) is 4.20. The lowest BCUT2D eigenvalue weighted by molar-refractivity contribution is -0.137. The monoisotopic (exact) mass is 263 g/mol. The number of hydrogen-bond acceptors (Lipinski definition) is 2. The minimum absolute atomic E-state index is 0.313. The smallest absolute Gasteiger partial charge is 0.330 e. The number of rotatable bonds is 4. The van der Waals surface area contributed by atoms with Gasteiger partial charge in [-0.2, -0.15) is 0 Å². The summed E-state index contributed by atoms with van der Waals surface area (Å²) in [6.45, 7) is 2.79. The minimum atomic E-state index is -0.313. The second-order valence-electron chi connectivity index (χ2n) is 3.80. The lowest BCUT2D eigenvalue weighted by Gasteiger charge is -2.01. The van der Waals surface area contributed by atoms with E-state index >= 15 is 0 Å². The van der Waals surface area contributed by atoms with Crippen molar-refractivity contribution in [3.8, 4) is 0 Å². The van der Waals surface area contributed by atoms with Gasteiger partial charge in [0.2, 0.25) is 0 Å². The summed E-state index contributed by atoms with van der Waals surface area (Å²) in [5.41, 5.74) is 1.05. The molecule has 0 saturated carbocycles. The van der Waals surface area contributed by atoms with Crippen LogP contribution in [0.2, 0.25) is 5.02 Å². The van der Waals surface area contributed by atoms with E-state index in [1.807, 2.05) is 35.0 Å². The van der Waals surface area contributed by atoms with Crippen molar-refractivity contribution in [2.45, 2.75) is 13.5 Å². The summed E-state index contributed by atoms with van der Waals surface area (Å²) in [6.07, 6.45) is 5.17. The van der Waals surface area contributed by atoms with Crippen LogP contribution in [-0.2, 0) is 16.1 Å². The molecule has 1 aromatic carbocycles. The Morgan fingerprint density at radius 1 is 1.44 bits per heavy atom. The molecule has 2 aromatic rings. The zero-order valence-electron chi connectivity index (χ0n) is 10.1. The van der Waals surface area contributed by atoms with Crippen molar-refractivity contribution in [2.24, 2.45) is 0 Å². The summed E-state index contributed by atoms with van der Waals surface area (Å²) < 4.78 is 6.84. The van der Waals surface area contributed by atoms with Gasteiger partial charge in [0.15, 0.2) is 0 Å². The molecule has 0 aliphatic rings. The molecule has 4 heteroatoms. The highest BCUT2D eigenvalue weighted by molar-refractivity contribution is 6.35. The maximum absolute atomic E-state index is 11.1. The fraction of sp³-hybridized carbons (Fsp3) is 0.214. The molecule has 18 heavy (non-hydrogen) atoms. The van der Waals surface area contributed by atoms with Crippen LogP contribution in [0.4, 0.5) is 0 Å². The number of halogens is 1. The number of aromatic nitrogens is 1. The van der Waals surface area contributed by atoms with Crippen LogP contribution in [0.1, 0.15) is 6.92 Å².